The Morgan fingerprint density at radius 3 is 2.36 bits per heavy atom. The summed E-state index contributed by atoms with van der Waals surface area (Å²) in [6, 6.07) is 3.04. The SMILES string of the molecule is CNC(c1ccc(C)c(F)c1)C(F)F. The molecular weight excluding hydrogens is 191 g/mol. The standard InChI is InChI=1S/C10H12F3N/c1-6-3-4-7(5-8(6)11)9(14-2)10(12)13/h3-5,9-10,14H,1-2H3. The molecule has 78 valence electrons. The Morgan fingerprint density at radius 1 is 1.29 bits per heavy atom. The van der Waals surface area contributed by atoms with Crippen molar-refractivity contribution in [1.82, 2.24) is 5.32 Å². The third-order valence-electron chi connectivity index (χ3n) is 2.12. The van der Waals surface area contributed by atoms with Crippen molar-refractivity contribution in [1.29, 1.82) is 0 Å². The molecule has 0 spiro atoms. The van der Waals surface area contributed by atoms with Gasteiger partial charge in [-0.05, 0) is 31.2 Å². The van der Waals surface area contributed by atoms with Crippen LogP contribution in [0.5, 0.6) is 0 Å². The lowest BCUT2D eigenvalue weighted by molar-refractivity contribution is 0.102. The van der Waals surface area contributed by atoms with Gasteiger partial charge in [-0.1, -0.05) is 12.1 Å². The first kappa shape index (κ1) is 11.0. The summed E-state index contributed by atoms with van der Waals surface area (Å²) in [5.41, 5.74) is 0.725. The van der Waals surface area contributed by atoms with Crippen molar-refractivity contribution < 1.29 is 13.2 Å². The van der Waals surface area contributed by atoms with Gasteiger partial charge in [0.15, 0.2) is 0 Å². The van der Waals surface area contributed by atoms with Crippen LogP contribution in [0.3, 0.4) is 0 Å². The molecule has 1 N–H and O–H groups in total. The van der Waals surface area contributed by atoms with Gasteiger partial charge in [-0.15, -0.1) is 0 Å². The van der Waals surface area contributed by atoms with E-state index < -0.39 is 18.3 Å². The lowest BCUT2D eigenvalue weighted by Gasteiger charge is -2.15. The summed E-state index contributed by atoms with van der Waals surface area (Å²) >= 11 is 0. The molecule has 1 aromatic carbocycles. The Hall–Kier alpha value is -1.03. The van der Waals surface area contributed by atoms with E-state index in [0.717, 1.165) is 6.07 Å². The van der Waals surface area contributed by atoms with E-state index in [-0.39, 0.29) is 5.56 Å². The molecule has 0 aliphatic carbocycles. The van der Waals surface area contributed by atoms with Gasteiger partial charge >= 0.3 is 0 Å². The second-order valence-corrected chi connectivity index (χ2v) is 3.11. The minimum atomic E-state index is -2.54. The Balaban J connectivity index is 3.00. The van der Waals surface area contributed by atoms with E-state index in [1.807, 2.05) is 0 Å². The maximum atomic E-state index is 13.1. The van der Waals surface area contributed by atoms with Crippen LogP contribution in [0, 0.1) is 12.7 Å². The fourth-order valence-electron chi connectivity index (χ4n) is 1.24. The van der Waals surface area contributed by atoms with Crippen molar-refractivity contribution in [2.45, 2.75) is 19.4 Å². The molecule has 0 saturated carbocycles. The van der Waals surface area contributed by atoms with Gasteiger partial charge < -0.3 is 5.32 Å². The van der Waals surface area contributed by atoms with Crippen molar-refractivity contribution in [2.24, 2.45) is 0 Å². The fourth-order valence-corrected chi connectivity index (χ4v) is 1.24. The Kier molecular flexibility index (Phi) is 3.52. The van der Waals surface area contributed by atoms with Gasteiger partial charge in [0.25, 0.3) is 6.43 Å². The molecule has 1 nitrogen and oxygen atoms in total. The van der Waals surface area contributed by atoms with Gasteiger partial charge in [-0.3, -0.25) is 0 Å². The zero-order chi connectivity index (χ0) is 10.7. The quantitative estimate of drug-likeness (QED) is 0.796. The van der Waals surface area contributed by atoms with Crippen molar-refractivity contribution in [3.05, 3.63) is 35.1 Å². The van der Waals surface area contributed by atoms with Crippen molar-refractivity contribution >= 4 is 0 Å². The normalized spacial score (nSPS) is 13.3. The summed E-state index contributed by atoms with van der Waals surface area (Å²) in [6.07, 6.45) is -2.54. The van der Waals surface area contributed by atoms with Crippen LogP contribution in [0.25, 0.3) is 0 Å². The first-order valence-corrected chi connectivity index (χ1v) is 4.27. The van der Waals surface area contributed by atoms with Gasteiger partial charge in [0.1, 0.15) is 5.82 Å². The van der Waals surface area contributed by atoms with E-state index in [1.165, 1.54) is 19.2 Å². The molecule has 1 rings (SSSR count). The number of rotatable bonds is 3. The fraction of sp³-hybridized carbons (Fsp3) is 0.400. The molecule has 1 unspecified atom stereocenters. The van der Waals surface area contributed by atoms with E-state index in [4.69, 9.17) is 0 Å². The second kappa shape index (κ2) is 4.46. The van der Waals surface area contributed by atoms with E-state index in [1.54, 1.807) is 6.92 Å². The van der Waals surface area contributed by atoms with Crippen LogP contribution in [0.1, 0.15) is 17.2 Å². The predicted molar refractivity (Wildman–Crippen MR) is 48.9 cm³/mol. The third kappa shape index (κ3) is 2.26. The Labute approximate surface area is 80.9 Å². The van der Waals surface area contributed by atoms with Gasteiger partial charge in [-0.25, -0.2) is 13.2 Å². The zero-order valence-electron chi connectivity index (χ0n) is 8.02. The van der Waals surface area contributed by atoms with Crippen molar-refractivity contribution in [3.63, 3.8) is 0 Å². The minimum absolute atomic E-state index is 0.269. The summed E-state index contributed by atoms with van der Waals surface area (Å²) in [7, 11) is 1.43. The Bertz CT molecular complexity index is 312. The molecule has 0 aliphatic rings. The molecule has 1 atom stereocenters. The molecule has 0 amide bonds. The average molecular weight is 203 g/mol. The van der Waals surface area contributed by atoms with E-state index in [0.29, 0.717) is 5.56 Å². The largest absolute Gasteiger partial charge is 0.308 e. The summed E-state index contributed by atoms with van der Waals surface area (Å²) in [5, 5.41) is 2.45. The average Bonchev–Trinajstić information content (AvgIpc) is 2.11. The molecule has 0 aliphatic heterocycles. The number of aryl methyl sites for hydroxylation is 1. The molecule has 0 radical (unpaired) electrons. The topological polar surface area (TPSA) is 12.0 Å². The minimum Gasteiger partial charge on any atom is -0.308 e. The number of hydrogen-bond donors (Lipinski definition) is 1. The first-order chi connectivity index (χ1) is 6.56. The lowest BCUT2D eigenvalue weighted by atomic mass is 10.1. The summed E-state index contributed by atoms with van der Waals surface area (Å²) in [5.74, 6) is -0.455. The monoisotopic (exact) mass is 203 g/mol. The highest BCUT2D eigenvalue weighted by Gasteiger charge is 2.20. The highest BCUT2D eigenvalue weighted by molar-refractivity contribution is 5.26. The highest BCUT2D eigenvalue weighted by atomic mass is 19.3. The van der Waals surface area contributed by atoms with Crippen LogP contribution < -0.4 is 5.32 Å². The molecule has 4 heteroatoms. The number of halogens is 3. The molecule has 1 aromatic rings. The van der Waals surface area contributed by atoms with Crippen LogP contribution in [-0.2, 0) is 0 Å². The number of nitrogens with one attached hydrogen (secondary N) is 1. The molecule has 14 heavy (non-hydrogen) atoms. The lowest BCUT2D eigenvalue weighted by Crippen LogP contribution is -2.23. The number of benzene rings is 1. The van der Waals surface area contributed by atoms with E-state index >= 15 is 0 Å². The highest BCUT2D eigenvalue weighted by Crippen LogP contribution is 2.21. The summed E-state index contributed by atoms with van der Waals surface area (Å²) in [6.45, 7) is 1.59. The van der Waals surface area contributed by atoms with Gasteiger partial charge in [0.05, 0.1) is 6.04 Å². The molecule has 0 fully saturated rings. The predicted octanol–water partition coefficient (Wildman–Crippen LogP) is 2.66. The van der Waals surface area contributed by atoms with Gasteiger partial charge in [0, 0.05) is 0 Å². The van der Waals surface area contributed by atoms with E-state index in [9.17, 15) is 13.2 Å². The summed E-state index contributed by atoms with van der Waals surface area (Å²) < 4.78 is 37.9. The second-order valence-electron chi connectivity index (χ2n) is 3.11. The summed E-state index contributed by atoms with van der Waals surface area (Å²) in [4.78, 5) is 0. The van der Waals surface area contributed by atoms with Crippen LogP contribution in [-0.4, -0.2) is 13.5 Å². The van der Waals surface area contributed by atoms with Gasteiger partial charge in [-0.2, -0.15) is 0 Å². The smallest absolute Gasteiger partial charge is 0.257 e. The van der Waals surface area contributed by atoms with Crippen LogP contribution in [0.4, 0.5) is 13.2 Å². The number of alkyl halides is 2. The molecule has 0 saturated heterocycles. The van der Waals surface area contributed by atoms with Crippen LogP contribution in [0.15, 0.2) is 18.2 Å². The zero-order valence-corrected chi connectivity index (χ0v) is 8.02. The Morgan fingerprint density at radius 2 is 1.93 bits per heavy atom. The molecular formula is C10H12F3N. The molecule has 0 heterocycles. The molecule has 0 aromatic heterocycles. The maximum Gasteiger partial charge on any atom is 0.257 e. The van der Waals surface area contributed by atoms with Crippen LogP contribution >= 0.6 is 0 Å². The third-order valence-corrected chi connectivity index (χ3v) is 2.12. The van der Waals surface area contributed by atoms with E-state index in [2.05, 4.69) is 5.32 Å². The van der Waals surface area contributed by atoms with Crippen molar-refractivity contribution in [2.75, 3.05) is 7.05 Å². The molecule has 0 bridgehead atoms. The van der Waals surface area contributed by atoms with Gasteiger partial charge in [0.2, 0.25) is 0 Å². The van der Waals surface area contributed by atoms with Crippen LogP contribution in [0.2, 0.25) is 0 Å². The first-order valence-electron chi connectivity index (χ1n) is 4.27. The maximum absolute atomic E-state index is 13.1. The number of hydrogen-bond acceptors (Lipinski definition) is 1. The van der Waals surface area contributed by atoms with Crippen molar-refractivity contribution in [3.8, 4) is 0 Å².